The molecule has 2 rings (SSSR count). The summed E-state index contributed by atoms with van der Waals surface area (Å²) in [6.45, 7) is 6.43. The van der Waals surface area contributed by atoms with Crippen LogP contribution in [0.1, 0.15) is 38.4 Å². The summed E-state index contributed by atoms with van der Waals surface area (Å²) in [5.41, 5.74) is 2.61. The lowest BCUT2D eigenvalue weighted by Gasteiger charge is -2.24. The van der Waals surface area contributed by atoms with Gasteiger partial charge in [0.1, 0.15) is 0 Å². The van der Waals surface area contributed by atoms with Crippen LogP contribution >= 0.6 is 0 Å². The molecule has 16 heavy (non-hydrogen) atoms. The number of anilines is 1. The van der Waals surface area contributed by atoms with Gasteiger partial charge in [-0.25, -0.2) is 0 Å². The minimum Gasteiger partial charge on any atom is -0.381 e. The van der Waals surface area contributed by atoms with Crippen LogP contribution in [0.2, 0.25) is 0 Å². The Kier molecular flexibility index (Phi) is 2.93. The van der Waals surface area contributed by atoms with Gasteiger partial charge in [0.2, 0.25) is 0 Å². The first kappa shape index (κ1) is 11.5. The second-order valence-corrected chi connectivity index (χ2v) is 5.50. The highest BCUT2D eigenvalue weighted by Crippen LogP contribution is 2.28. The number of aryl methyl sites for hydroxylation is 1. The SMILES string of the molecule is COC1CCc2[nH]nc(NC(C)(C)C)c2C1. The van der Waals surface area contributed by atoms with Gasteiger partial charge < -0.3 is 10.1 Å². The molecule has 0 aliphatic heterocycles. The van der Waals surface area contributed by atoms with Gasteiger partial charge in [-0.1, -0.05) is 0 Å². The summed E-state index contributed by atoms with van der Waals surface area (Å²) in [5, 5.41) is 10.9. The number of aromatic amines is 1. The van der Waals surface area contributed by atoms with E-state index in [0.717, 1.165) is 25.1 Å². The molecule has 0 fully saturated rings. The predicted molar refractivity (Wildman–Crippen MR) is 64.8 cm³/mol. The molecular formula is C12H21N3O. The number of hydrogen-bond acceptors (Lipinski definition) is 3. The second-order valence-electron chi connectivity index (χ2n) is 5.50. The van der Waals surface area contributed by atoms with E-state index < -0.39 is 0 Å². The van der Waals surface area contributed by atoms with Crippen molar-refractivity contribution in [3.05, 3.63) is 11.3 Å². The Morgan fingerprint density at radius 3 is 2.81 bits per heavy atom. The molecule has 90 valence electrons. The quantitative estimate of drug-likeness (QED) is 0.807. The molecule has 4 nitrogen and oxygen atoms in total. The van der Waals surface area contributed by atoms with Crippen molar-refractivity contribution < 1.29 is 4.74 Å². The molecular weight excluding hydrogens is 202 g/mol. The topological polar surface area (TPSA) is 49.9 Å². The van der Waals surface area contributed by atoms with Crippen molar-refractivity contribution in [2.45, 2.75) is 51.7 Å². The molecule has 0 radical (unpaired) electrons. The van der Waals surface area contributed by atoms with Crippen LogP contribution in [-0.4, -0.2) is 29.0 Å². The van der Waals surface area contributed by atoms with E-state index in [1.54, 1.807) is 7.11 Å². The molecule has 1 aromatic heterocycles. The van der Waals surface area contributed by atoms with Crippen molar-refractivity contribution in [2.24, 2.45) is 0 Å². The summed E-state index contributed by atoms with van der Waals surface area (Å²) in [7, 11) is 1.78. The molecule has 0 saturated carbocycles. The Hall–Kier alpha value is -1.03. The summed E-state index contributed by atoms with van der Waals surface area (Å²) in [6.07, 6.45) is 3.42. The fourth-order valence-electron chi connectivity index (χ4n) is 2.12. The van der Waals surface area contributed by atoms with E-state index in [-0.39, 0.29) is 5.54 Å². The molecule has 0 amide bonds. The number of aromatic nitrogens is 2. The lowest BCUT2D eigenvalue weighted by molar-refractivity contribution is 0.0910. The highest BCUT2D eigenvalue weighted by atomic mass is 16.5. The Morgan fingerprint density at radius 2 is 2.19 bits per heavy atom. The van der Waals surface area contributed by atoms with E-state index in [0.29, 0.717) is 6.10 Å². The van der Waals surface area contributed by atoms with Crippen molar-refractivity contribution in [3.63, 3.8) is 0 Å². The van der Waals surface area contributed by atoms with Crippen molar-refractivity contribution in [1.29, 1.82) is 0 Å². The van der Waals surface area contributed by atoms with Crippen LogP contribution in [-0.2, 0) is 17.6 Å². The molecule has 1 aromatic rings. The van der Waals surface area contributed by atoms with Gasteiger partial charge in [0.25, 0.3) is 0 Å². The largest absolute Gasteiger partial charge is 0.381 e. The van der Waals surface area contributed by atoms with Crippen LogP contribution < -0.4 is 5.32 Å². The fraction of sp³-hybridized carbons (Fsp3) is 0.750. The Bertz CT molecular complexity index is 365. The Morgan fingerprint density at radius 1 is 1.44 bits per heavy atom. The van der Waals surface area contributed by atoms with Crippen molar-refractivity contribution in [2.75, 3.05) is 12.4 Å². The second kappa shape index (κ2) is 4.09. The molecule has 4 heteroatoms. The molecule has 1 atom stereocenters. The number of methoxy groups -OCH3 is 1. The number of nitrogens with one attached hydrogen (secondary N) is 2. The van der Waals surface area contributed by atoms with Gasteiger partial charge in [-0.05, 0) is 33.6 Å². The average Bonchev–Trinajstić information content (AvgIpc) is 2.58. The molecule has 1 unspecified atom stereocenters. The van der Waals surface area contributed by atoms with Crippen molar-refractivity contribution >= 4 is 5.82 Å². The van der Waals surface area contributed by atoms with E-state index in [4.69, 9.17) is 4.74 Å². The van der Waals surface area contributed by atoms with Gasteiger partial charge in [0, 0.05) is 30.3 Å². The zero-order valence-corrected chi connectivity index (χ0v) is 10.6. The van der Waals surface area contributed by atoms with Gasteiger partial charge in [0.05, 0.1) is 6.10 Å². The normalized spacial score (nSPS) is 20.6. The smallest absolute Gasteiger partial charge is 0.151 e. The predicted octanol–water partition coefficient (Wildman–Crippen LogP) is 2.12. The summed E-state index contributed by atoms with van der Waals surface area (Å²) in [5.74, 6) is 0.990. The van der Waals surface area contributed by atoms with Gasteiger partial charge in [-0.3, -0.25) is 5.10 Å². The standard InChI is InChI=1S/C12H21N3O/c1-12(2,3)13-11-9-7-8(16-4)5-6-10(9)14-15-11/h8H,5-7H2,1-4H3,(H2,13,14,15). The molecule has 0 spiro atoms. The average molecular weight is 223 g/mol. The maximum atomic E-state index is 5.43. The highest BCUT2D eigenvalue weighted by Gasteiger charge is 2.25. The minimum absolute atomic E-state index is 0.0446. The lowest BCUT2D eigenvalue weighted by Crippen LogP contribution is -2.28. The number of ether oxygens (including phenoxy) is 1. The number of rotatable bonds is 2. The molecule has 0 saturated heterocycles. The number of hydrogen-bond donors (Lipinski definition) is 2. The summed E-state index contributed by atoms with van der Waals surface area (Å²) in [6, 6.07) is 0. The van der Waals surface area contributed by atoms with Gasteiger partial charge >= 0.3 is 0 Å². The maximum Gasteiger partial charge on any atom is 0.151 e. The maximum absolute atomic E-state index is 5.43. The summed E-state index contributed by atoms with van der Waals surface area (Å²) in [4.78, 5) is 0. The van der Waals surface area contributed by atoms with E-state index >= 15 is 0 Å². The van der Waals surface area contributed by atoms with Crippen molar-refractivity contribution in [3.8, 4) is 0 Å². The first-order chi connectivity index (χ1) is 7.49. The van der Waals surface area contributed by atoms with Gasteiger partial charge in [-0.15, -0.1) is 0 Å². The number of nitrogens with zero attached hydrogens (tertiary/aromatic N) is 1. The van der Waals surface area contributed by atoms with E-state index in [9.17, 15) is 0 Å². The number of fused-ring (bicyclic) bond motifs is 1. The minimum atomic E-state index is 0.0446. The van der Waals surface area contributed by atoms with Gasteiger partial charge in [0.15, 0.2) is 5.82 Å². The van der Waals surface area contributed by atoms with Crippen LogP contribution in [0.5, 0.6) is 0 Å². The lowest BCUT2D eigenvalue weighted by atomic mass is 9.94. The first-order valence-electron chi connectivity index (χ1n) is 5.86. The van der Waals surface area contributed by atoms with Crippen LogP contribution in [0.15, 0.2) is 0 Å². The van der Waals surface area contributed by atoms with Crippen molar-refractivity contribution in [1.82, 2.24) is 10.2 Å². The molecule has 1 heterocycles. The Balaban J connectivity index is 2.20. The third kappa shape index (κ3) is 2.38. The van der Waals surface area contributed by atoms with E-state index in [2.05, 4.69) is 36.3 Å². The number of H-pyrrole nitrogens is 1. The van der Waals surface area contributed by atoms with Crippen LogP contribution in [0.3, 0.4) is 0 Å². The third-order valence-corrected chi connectivity index (χ3v) is 2.93. The molecule has 1 aliphatic rings. The summed E-state index contributed by atoms with van der Waals surface area (Å²) >= 11 is 0. The van der Waals surface area contributed by atoms with Crippen LogP contribution in [0.4, 0.5) is 5.82 Å². The fourth-order valence-corrected chi connectivity index (χ4v) is 2.12. The van der Waals surface area contributed by atoms with Crippen LogP contribution in [0, 0.1) is 0 Å². The Labute approximate surface area is 96.8 Å². The first-order valence-corrected chi connectivity index (χ1v) is 5.86. The summed E-state index contributed by atoms with van der Waals surface area (Å²) < 4.78 is 5.43. The molecule has 0 bridgehead atoms. The van der Waals surface area contributed by atoms with Crippen LogP contribution in [0.25, 0.3) is 0 Å². The highest BCUT2D eigenvalue weighted by molar-refractivity contribution is 5.49. The van der Waals surface area contributed by atoms with E-state index in [1.165, 1.54) is 11.3 Å². The zero-order valence-electron chi connectivity index (χ0n) is 10.6. The monoisotopic (exact) mass is 223 g/mol. The third-order valence-electron chi connectivity index (χ3n) is 2.93. The van der Waals surface area contributed by atoms with Gasteiger partial charge in [-0.2, -0.15) is 5.10 Å². The molecule has 2 N–H and O–H groups in total. The molecule has 0 aromatic carbocycles. The zero-order chi connectivity index (χ0) is 11.8. The molecule has 1 aliphatic carbocycles. The van der Waals surface area contributed by atoms with E-state index in [1.807, 2.05) is 0 Å².